The minimum atomic E-state index is -1.26. The van der Waals surface area contributed by atoms with Gasteiger partial charge in [0.2, 0.25) is 5.91 Å². The summed E-state index contributed by atoms with van der Waals surface area (Å²) < 4.78 is 5.02. The highest BCUT2D eigenvalue weighted by Gasteiger charge is 2.32. The molecule has 2 atom stereocenters. The maximum Gasteiger partial charge on any atom is 0.306 e. The zero-order valence-electron chi connectivity index (χ0n) is 17.9. The van der Waals surface area contributed by atoms with E-state index in [4.69, 9.17) is 10.5 Å². The first-order valence-corrected chi connectivity index (χ1v) is 10.3. The second kappa shape index (κ2) is 10.4. The summed E-state index contributed by atoms with van der Waals surface area (Å²) in [5.74, 6) is -2.87. The molecule has 0 aliphatic heterocycles. The third-order valence-corrected chi connectivity index (χ3v) is 5.25. The Balaban J connectivity index is 1.97. The predicted octanol–water partition coefficient (Wildman–Crippen LogP) is 3.07. The van der Waals surface area contributed by atoms with Gasteiger partial charge in [-0.05, 0) is 29.3 Å². The van der Waals surface area contributed by atoms with Crippen molar-refractivity contribution in [1.29, 1.82) is 0 Å². The number of rotatable bonds is 9. The molecule has 9 nitrogen and oxygen atoms in total. The number of nitrogens with two attached hydrogens (primary N) is 1. The van der Waals surface area contributed by atoms with Crippen molar-refractivity contribution in [3.8, 4) is 0 Å². The van der Waals surface area contributed by atoms with Crippen LogP contribution in [0.15, 0.2) is 66.7 Å². The lowest BCUT2D eigenvalue weighted by molar-refractivity contribution is -0.384. The molecule has 0 aliphatic carbocycles. The van der Waals surface area contributed by atoms with E-state index in [-0.39, 0.29) is 18.7 Å². The van der Waals surface area contributed by atoms with Gasteiger partial charge in [-0.1, -0.05) is 48.5 Å². The van der Waals surface area contributed by atoms with Crippen LogP contribution in [-0.2, 0) is 14.3 Å². The molecule has 3 aromatic carbocycles. The molecule has 0 radical (unpaired) electrons. The number of carbonyl (C=O) groups excluding carboxylic acids is 3. The summed E-state index contributed by atoms with van der Waals surface area (Å²) in [6.07, 6.45) is -0.255. The highest BCUT2D eigenvalue weighted by atomic mass is 16.6. The molecule has 0 bridgehead atoms. The van der Waals surface area contributed by atoms with E-state index in [9.17, 15) is 24.5 Å². The normalized spacial score (nSPS) is 12.5. The molecule has 3 rings (SSSR count). The van der Waals surface area contributed by atoms with E-state index in [2.05, 4.69) is 5.32 Å². The van der Waals surface area contributed by atoms with E-state index < -0.39 is 34.7 Å². The van der Waals surface area contributed by atoms with Gasteiger partial charge in [-0.2, -0.15) is 0 Å². The van der Waals surface area contributed by atoms with E-state index >= 15 is 0 Å². The van der Waals surface area contributed by atoms with E-state index in [1.165, 1.54) is 24.3 Å². The number of nitro benzene ring substituents is 1. The molecule has 0 saturated heterocycles. The summed E-state index contributed by atoms with van der Waals surface area (Å²) in [5, 5.41) is 15.2. The first kappa shape index (κ1) is 23.4. The number of nitro groups is 1. The van der Waals surface area contributed by atoms with Crippen molar-refractivity contribution >= 4 is 34.2 Å². The van der Waals surface area contributed by atoms with Gasteiger partial charge in [-0.3, -0.25) is 24.5 Å². The Hall–Kier alpha value is -4.27. The average molecular weight is 449 g/mol. The number of hydrogen-bond donors (Lipinski definition) is 2. The molecule has 0 aromatic heterocycles. The quantitative estimate of drug-likeness (QED) is 0.292. The number of hydrogen-bond acceptors (Lipinski definition) is 6. The molecule has 0 fully saturated rings. The SMILES string of the molecule is CCOC(=O)C[C@@H](c1ccc([N+](=O)[O-])cc1)[C@H](NC(=O)c1cccc2ccccc12)C(N)=O. The number of nitrogens with one attached hydrogen (secondary N) is 1. The number of primary amides is 1. The summed E-state index contributed by atoms with van der Waals surface area (Å²) in [5.41, 5.74) is 6.25. The molecule has 9 heteroatoms. The van der Waals surface area contributed by atoms with Crippen LogP contribution in [0.4, 0.5) is 5.69 Å². The summed E-state index contributed by atoms with van der Waals surface area (Å²) in [6, 6.07) is 16.6. The van der Waals surface area contributed by atoms with Gasteiger partial charge in [0.05, 0.1) is 18.0 Å². The molecule has 0 heterocycles. The minimum absolute atomic E-state index is 0.134. The molecular formula is C24H23N3O6. The lowest BCUT2D eigenvalue weighted by atomic mass is 9.87. The van der Waals surface area contributed by atoms with Gasteiger partial charge in [-0.15, -0.1) is 0 Å². The van der Waals surface area contributed by atoms with Crippen molar-refractivity contribution in [2.75, 3.05) is 6.61 Å². The largest absolute Gasteiger partial charge is 0.466 e. The average Bonchev–Trinajstić information content (AvgIpc) is 2.80. The Morgan fingerprint density at radius 3 is 2.33 bits per heavy atom. The summed E-state index contributed by atoms with van der Waals surface area (Å²) in [6.45, 7) is 1.78. The van der Waals surface area contributed by atoms with Crippen LogP contribution in [0.2, 0.25) is 0 Å². The van der Waals surface area contributed by atoms with Gasteiger partial charge in [0, 0.05) is 23.6 Å². The smallest absolute Gasteiger partial charge is 0.306 e. The number of esters is 1. The van der Waals surface area contributed by atoms with Gasteiger partial charge >= 0.3 is 5.97 Å². The Bertz CT molecular complexity index is 1190. The van der Waals surface area contributed by atoms with Crippen LogP contribution in [0.5, 0.6) is 0 Å². The van der Waals surface area contributed by atoms with Crippen molar-refractivity contribution in [3.63, 3.8) is 0 Å². The molecule has 2 amide bonds. The van der Waals surface area contributed by atoms with Crippen molar-refractivity contribution in [2.45, 2.75) is 25.3 Å². The Morgan fingerprint density at radius 1 is 1.03 bits per heavy atom. The van der Waals surface area contributed by atoms with Gasteiger partial charge in [-0.25, -0.2) is 0 Å². The molecular weight excluding hydrogens is 426 g/mol. The maximum absolute atomic E-state index is 13.1. The van der Waals surface area contributed by atoms with Crippen LogP contribution in [0.25, 0.3) is 10.8 Å². The van der Waals surface area contributed by atoms with E-state index in [1.54, 1.807) is 31.2 Å². The van der Waals surface area contributed by atoms with Crippen molar-refractivity contribution in [2.24, 2.45) is 5.73 Å². The first-order chi connectivity index (χ1) is 15.8. The number of ether oxygens (including phenoxy) is 1. The number of nitrogens with zero attached hydrogens (tertiary/aromatic N) is 1. The summed E-state index contributed by atoms with van der Waals surface area (Å²) in [7, 11) is 0. The Morgan fingerprint density at radius 2 is 1.70 bits per heavy atom. The topological polar surface area (TPSA) is 142 Å². The third-order valence-electron chi connectivity index (χ3n) is 5.25. The van der Waals surface area contributed by atoms with E-state index in [0.717, 1.165) is 5.39 Å². The maximum atomic E-state index is 13.1. The van der Waals surface area contributed by atoms with Crippen molar-refractivity contribution in [1.82, 2.24) is 5.32 Å². The number of non-ortho nitro benzene ring substituents is 1. The minimum Gasteiger partial charge on any atom is -0.466 e. The number of carbonyl (C=O) groups is 3. The van der Waals surface area contributed by atoms with Crippen LogP contribution < -0.4 is 11.1 Å². The first-order valence-electron chi connectivity index (χ1n) is 10.3. The fourth-order valence-corrected chi connectivity index (χ4v) is 3.68. The Labute approximate surface area is 189 Å². The zero-order chi connectivity index (χ0) is 24.0. The lowest BCUT2D eigenvalue weighted by Crippen LogP contribution is -2.48. The number of fused-ring (bicyclic) bond motifs is 1. The van der Waals surface area contributed by atoms with E-state index in [1.807, 2.05) is 18.2 Å². The molecule has 0 unspecified atom stereocenters. The second-order valence-corrected chi connectivity index (χ2v) is 7.34. The lowest BCUT2D eigenvalue weighted by Gasteiger charge is -2.26. The summed E-state index contributed by atoms with van der Waals surface area (Å²) in [4.78, 5) is 48.2. The van der Waals surface area contributed by atoms with Crippen molar-refractivity contribution in [3.05, 3.63) is 88.0 Å². The zero-order valence-corrected chi connectivity index (χ0v) is 17.9. The van der Waals surface area contributed by atoms with Crippen molar-refractivity contribution < 1.29 is 24.0 Å². The predicted molar refractivity (Wildman–Crippen MR) is 121 cm³/mol. The standard InChI is InChI=1S/C24H23N3O6/c1-2-33-21(28)14-20(16-10-12-17(13-11-16)27(31)32)22(23(25)29)26-24(30)19-9-5-7-15-6-3-4-8-18(15)19/h3-13,20,22H,2,14H2,1H3,(H2,25,29)(H,26,30)/t20-,22-/m0/s1. The highest BCUT2D eigenvalue weighted by Crippen LogP contribution is 2.27. The summed E-state index contributed by atoms with van der Waals surface area (Å²) >= 11 is 0. The molecule has 0 saturated carbocycles. The molecule has 33 heavy (non-hydrogen) atoms. The third kappa shape index (κ3) is 5.51. The number of amides is 2. The van der Waals surface area contributed by atoms with Crippen LogP contribution in [0, 0.1) is 10.1 Å². The molecule has 3 aromatic rings. The number of benzene rings is 3. The Kier molecular flexibility index (Phi) is 7.34. The van der Waals surface area contributed by atoms with Gasteiger partial charge in [0.1, 0.15) is 6.04 Å². The van der Waals surface area contributed by atoms with Crippen LogP contribution in [-0.4, -0.2) is 35.4 Å². The van der Waals surface area contributed by atoms with Crippen LogP contribution in [0.1, 0.15) is 35.2 Å². The highest BCUT2D eigenvalue weighted by molar-refractivity contribution is 6.08. The molecule has 0 spiro atoms. The molecule has 0 aliphatic rings. The van der Waals surface area contributed by atoms with Gasteiger partial charge in [0.15, 0.2) is 0 Å². The monoisotopic (exact) mass is 449 g/mol. The molecule has 170 valence electrons. The van der Waals surface area contributed by atoms with Gasteiger partial charge < -0.3 is 15.8 Å². The van der Waals surface area contributed by atoms with Crippen LogP contribution >= 0.6 is 0 Å². The van der Waals surface area contributed by atoms with Crippen LogP contribution in [0.3, 0.4) is 0 Å². The van der Waals surface area contributed by atoms with Gasteiger partial charge in [0.25, 0.3) is 11.6 Å². The van der Waals surface area contributed by atoms with E-state index in [0.29, 0.717) is 16.5 Å². The fraction of sp³-hybridized carbons (Fsp3) is 0.208. The molecule has 3 N–H and O–H groups in total. The second-order valence-electron chi connectivity index (χ2n) is 7.34. The fourth-order valence-electron chi connectivity index (χ4n) is 3.68.